The molecule has 1 atom stereocenters. The highest BCUT2D eigenvalue weighted by molar-refractivity contribution is 6.00. The molecule has 1 saturated heterocycles. The maximum Gasteiger partial charge on any atom is 0.416 e. The number of ether oxygens (including phenoxy) is 4. The molecule has 0 aromatic heterocycles. The summed E-state index contributed by atoms with van der Waals surface area (Å²) in [7, 11) is 2.54. The fraction of sp³-hybridized carbons (Fsp3) is 0.393. The second-order valence-corrected chi connectivity index (χ2v) is 8.74. The Bertz CT molecular complexity index is 1160. The van der Waals surface area contributed by atoms with Gasteiger partial charge in [0.05, 0.1) is 50.9 Å². The molecule has 3 N–H and O–H groups in total. The molecule has 40 heavy (non-hydrogen) atoms. The summed E-state index contributed by atoms with van der Waals surface area (Å²) >= 11 is 0. The summed E-state index contributed by atoms with van der Waals surface area (Å²) in [6.07, 6.45) is -4.34. The van der Waals surface area contributed by atoms with Crippen molar-refractivity contribution in [2.24, 2.45) is 11.7 Å². The topological polar surface area (TPSA) is 126 Å². The molecule has 0 spiro atoms. The van der Waals surface area contributed by atoms with E-state index in [9.17, 15) is 27.6 Å². The minimum atomic E-state index is -4.34. The molecule has 1 unspecified atom stereocenters. The average molecular weight is 567 g/mol. The van der Waals surface area contributed by atoms with Crippen LogP contribution >= 0.6 is 0 Å². The Morgan fingerprint density at radius 1 is 0.950 bits per heavy atom. The molecule has 9 nitrogen and oxygen atoms in total. The van der Waals surface area contributed by atoms with Gasteiger partial charge in [-0.2, -0.15) is 13.2 Å². The summed E-state index contributed by atoms with van der Waals surface area (Å²) in [4.78, 5) is 32.9. The summed E-state index contributed by atoms with van der Waals surface area (Å²) < 4.78 is 56.2. The molecule has 12 heteroatoms. The van der Waals surface area contributed by atoms with Gasteiger partial charge in [0.25, 0.3) is 0 Å². The van der Waals surface area contributed by atoms with E-state index in [2.05, 4.69) is 46.0 Å². The van der Waals surface area contributed by atoms with Crippen LogP contribution < -0.4 is 11.1 Å². The lowest BCUT2D eigenvalue weighted by Crippen LogP contribution is -2.23. The molecule has 0 amide bonds. The molecule has 2 aliphatic heterocycles. The molecule has 218 valence electrons. The van der Waals surface area contributed by atoms with E-state index in [-0.39, 0.29) is 32.2 Å². The van der Waals surface area contributed by atoms with Crippen molar-refractivity contribution in [3.05, 3.63) is 82.1 Å². The number of nitrogens with two attached hydrogens (primary N) is 1. The van der Waals surface area contributed by atoms with Crippen LogP contribution in [0.15, 0.2) is 59.8 Å². The Hall–Kier alpha value is -3.74. The van der Waals surface area contributed by atoms with Gasteiger partial charge in [-0.25, -0.2) is 4.79 Å². The van der Waals surface area contributed by atoms with Gasteiger partial charge in [-0.3, -0.25) is 9.59 Å². The van der Waals surface area contributed by atoms with Crippen LogP contribution in [0.5, 0.6) is 0 Å². The normalized spacial score (nSPS) is 16.4. The van der Waals surface area contributed by atoms with Crippen molar-refractivity contribution in [3.8, 4) is 0 Å². The van der Waals surface area contributed by atoms with Gasteiger partial charge >= 0.3 is 18.1 Å². The first-order valence-corrected chi connectivity index (χ1v) is 12.2. The molecule has 2 heterocycles. The van der Waals surface area contributed by atoms with E-state index >= 15 is 0 Å². The number of methoxy groups -OCH3 is 2. The molecular weight excluding hydrogens is 533 g/mol. The van der Waals surface area contributed by atoms with Crippen molar-refractivity contribution in [3.63, 3.8) is 0 Å². The van der Waals surface area contributed by atoms with Crippen molar-refractivity contribution in [2.45, 2.75) is 26.2 Å². The molecule has 0 radical (unpaired) electrons. The number of rotatable bonds is 6. The molecule has 1 fully saturated rings. The Balaban J connectivity index is 0.000000243. The molecule has 2 aliphatic rings. The standard InChI is InChI=1S/C14H14F3NO3.C8H11N.C6H8O4/c1-20-13(19)11-7-21-8-12(11)18-6-9-2-4-10(5-3-9)14(15,16)17;1-7-2-4-8(6-9)5-3-7;1-9-6(8)4-2-10-3-5(4)7/h2-5,18H,6-8H2,1H3;2-5H,6,9H2,1H3;4H,2-3H2,1H3. The monoisotopic (exact) mass is 566 g/mol. The van der Waals surface area contributed by atoms with Crippen molar-refractivity contribution in [1.82, 2.24) is 5.32 Å². The third-order valence-electron chi connectivity index (χ3n) is 5.84. The van der Waals surface area contributed by atoms with E-state index < -0.39 is 29.6 Å². The van der Waals surface area contributed by atoms with Gasteiger partial charge in [0.1, 0.15) is 12.5 Å². The highest BCUT2D eigenvalue weighted by Crippen LogP contribution is 2.29. The van der Waals surface area contributed by atoms with Crippen LogP contribution in [0.1, 0.15) is 22.3 Å². The number of ketones is 1. The van der Waals surface area contributed by atoms with Crippen LogP contribution in [0, 0.1) is 12.8 Å². The smallest absolute Gasteiger partial charge is 0.416 e. The molecule has 2 aromatic rings. The van der Waals surface area contributed by atoms with Crippen molar-refractivity contribution in [1.29, 1.82) is 0 Å². The van der Waals surface area contributed by atoms with Crippen LogP contribution in [-0.4, -0.2) is 58.4 Å². The van der Waals surface area contributed by atoms with E-state index in [1.54, 1.807) is 0 Å². The average Bonchev–Trinajstić information content (AvgIpc) is 3.61. The lowest BCUT2D eigenvalue weighted by Gasteiger charge is -2.10. The number of carbonyl (C=O) groups is 3. The summed E-state index contributed by atoms with van der Waals surface area (Å²) in [6.45, 7) is 3.65. The van der Waals surface area contributed by atoms with Crippen LogP contribution in [0.25, 0.3) is 0 Å². The first-order valence-electron chi connectivity index (χ1n) is 12.2. The molecule has 2 aromatic carbocycles. The number of hydrogen-bond donors (Lipinski definition) is 2. The van der Waals surface area contributed by atoms with Gasteiger partial charge in [-0.05, 0) is 30.2 Å². The van der Waals surface area contributed by atoms with E-state index in [1.807, 2.05) is 0 Å². The SMILES string of the molecule is COC(=O)C1=C(NCc2ccc(C(F)(F)F)cc2)COC1.COC(=O)C1COCC1=O.Cc1ccc(CN)cc1. The molecule has 0 aliphatic carbocycles. The third-order valence-corrected chi connectivity index (χ3v) is 5.84. The lowest BCUT2D eigenvalue weighted by molar-refractivity contribution is -0.147. The quantitative estimate of drug-likeness (QED) is 0.401. The predicted octanol–water partition coefficient (Wildman–Crippen LogP) is 3.08. The molecular formula is C28H33F3N2O7. The second kappa shape index (κ2) is 15.8. The third kappa shape index (κ3) is 10.1. The Kier molecular flexibility index (Phi) is 12.8. The summed E-state index contributed by atoms with van der Waals surface area (Å²) in [5, 5.41) is 2.99. The van der Waals surface area contributed by atoms with E-state index in [1.165, 1.54) is 37.5 Å². The van der Waals surface area contributed by atoms with Gasteiger partial charge in [0.2, 0.25) is 0 Å². The number of Topliss-reactive ketones (excluding diaryl/α,β-unsaturated/α-hetero) is 1. The van der Waals surface area contributed by atoms with E-state index in [4.69, 9.17) is 15.2 Å². The largest absolute Gasteiger partial charge is 0.468 e. The zero-order chi connectivity index (χ0) is 29.7. The summed E-state index contributed by atoms with van der Waals surface area (Å²) in [5.41, 5.74) is 8.87. The number of esters is 2. The van der Waals surface area contributed by atoms with E-state index in [0.29, 0.717) is 29.9 Å². The number of carbonyl (C=O) groups excluding carboxylic acids is 3. The number of aryl methyl sites for hydroxylation is 1. The zero-order valence-electron chi connectivity index (χ0n) is 22.5. The second-order valence-electron chi connectivity index (χ2n) is 8.74. The van der Waals surface area contributed by atoms with Gasteiger partial charge in [-0.1, -0.05) is 42.0 Å². The first-order chi connectivity index (χ1) is 19.0. The molecule has 0 saturated carbocycles. The first kappa shape index (κ1) is 32.5. The van der Waals surface area contributed by atoms with E-state index in [0.717, 1.165) is 12.1 Å². The fourth-order valence-electron chi connectivity index (χ4n) is 3.45. The number of alkyl halides is 3. The Labute approximate surface area is 230 Å². The van der Waals surface area contributed by atoms with Crippen molar-refractivity contribution < 1.29 is 46.5 Å². The van der Waals surface area contributed by atoms with Crippen LogP contribution in [0.4, 0.5) is 13.2 Å². The molecule has 4 rings (SSSR count). The highest BCUT2D eigenvalue weighted by atomic mass is 19.4. The zero-order valence-corrected chi connectivity index (χ0v) is 22.5. The Morgan fingerprint density at radius 3 is 2.08 bits per heavy atom. The van der Waals surface area contributed by atoms with Crippen LogP contribution in [-0.2, 0) is 52.6 Å². The minimum absolute atomic E-state index is 0.0414. The highest BCUT2D eigenvalue weighted by Gasteiger charge is 2.32. The van der Waals surface area contributed by atoms with Gasteiger partial charge in [-0.15, -0.1) is 0 Å². The molecule has 0 bridgehead atoms. The fourth-order valence-corrected chi connectivity index (χ4v) is 3.45. The van der Waals surface area contributed by atoms with Gasteiger partial charge < -0.3 is 30.0 Å². The Morgan fingerprint density at radius 2 is 1.57 bits per heavy atom. The van der Waals surface area contributed by atoms with Crippen molar-refractivity contribution >= 4 is 17.7 Å². The number of benzene rings is 2. The predicted molar refractivity (Wildman–Crippen MR) is 139 cm³/mol. The van der Waals surface area contributed by atoms with Gasteiger partial charge in [0.15, 0.2) is 5.78 Å². The maximum absolute atomic E-state index is 12.4. The number of hydrogen-bond acceptors (Lipinski definition) is 9. The van der Waals surface area contributed by atoms with Crippen molar-refractivity contribution in [2.75, 3.05) is 40.6 Å². The minimum Gasteiger partial charge on any atom is -0.468 e. The van der Waals surface area contributed by atoms with Crippen LogP contribution in [0.2, 0.25) is 0 Å². The van der Waals surface area contributed by atoms with Gasteiger partial charge in [0, 0.05) is 13.1 Å². The van der Waals surface area contributed by atoms with Crippen LogP contribution in [0.3, 0.4) is 0 Å². The number of halogens is 3. The lowest BCUT2D eigenvalue weighted by atomic mass is 10.1. The number of nitrogens with one attached hydrogen (secondary N) is 1. The maximum atomic E-state index is 12.4. The summed E-state index contributed by atoms with van der Waals surface area (Å²) in [6, 6.07) is 13.1. The summed E-state index contributed by atoms with van der Waals surface area (Å²) in [5.74, 6) is -1.83.